The van der Waals surface area contributed by atoms with Crippen LogP contribution in [0.3, 0.4) is 0 Å². The van der Waals surface area contributed by atoms with Gasteiger partial charge in [0.15, 0.2) is 6.61 Å². The van der Waals surface area contributed by atoms with Gasteiger partial charge in [0.25, 0.3) is 5.91 Å². The standard InChI is InChI=1S/C16H15ClFNO2/c1-10-5-11(2)7-13(6-10)21-9-16(20)19-15-4-3-12(17)8-14(15)18/h3-8H,9H2,1-2H3,(H,19,20). The fourth-order valence-electron chi connectivity index (χ4n) is 1.94. The third-order valence-electron chi connectivity index (χ3n) is 2.77. The first-order valence-electron chi connectivity index (χ1n) is 6.40. The molecule has 0 aliphatic rings. The Kier molecular flexibility index (Phi) is 4.81. The number of ether oxygens (including phenoxy) is 1. The summed E-state index contributed by atoms with van der Waals surface area (Å²) in [6, 6.07) is 9.74. The second-order valence-corrected chi connectivity index (χ2v) is 5.22. The molecule has 0 radical (unpaired) electrons. The summed E-state index contributed by atoms with van der Waals surface area (Å²) in [5.41, 5.74) is 2.18. The molecule has 0 saturated heterocycles. The van der Waals surface area contributed by atoms with Crippen LogP contribution in [0.15, 0.2) is 36.4 Å². The Balaban J connectivity index is 1.95. The molecule has 0 aliphatic carbocycles. The predicted molar refractivity (Wildman–Crippen MR) is 81.5 cm³/mol. The Morgan fingerprint density at radius 1 is 1.19 bits per heavy atom. The highest BCUT2D eigenvalue weighted by molar-refractivity contribution is 6.30. The normalized spacial score (nSPS) is 10.3. The maximum absolute atomic E-state index is 13.5. The SMILES string of the molecule is Cc1cc(C)cc(OCC(=O)Nc2ccc(Cl)cc2F)c1. The molecule has 0 atom stereocenters. The van der Waals surface area contributed by atoms with Gasteiger partial charge in [-0.05, 0) is 55.3 Å². The lowest BCUT2D eigenvalue weighted by Gasteiger charge is -2.09. The lowest BCUT2D eigenvalue weighted by Crippen LogP contribution is -2.20. The topological polar surface area (TPSA) is 38.3 Å². The van der Waals surface area contributed by atoms with E-state index in [9.17, 15) is 9.18 Å². The van der Waals surface area contributed by atoms with Gasteiger partial charge in [-0.3, -0.25) is 4.79 Å². The van der Waals surface area contributed by atoms with Gasteiger partial charge in [-0.1, -0.05) is 17.7 Å². The van der Waals surface area contributed by atoms with Gasteiger partial charge < -0.3 is 10.1 Å². The van der Waals surface area contributed by atoms with Crippen LogP contribution in [0, 0.1) is 19.7 Å². The van der Waals surface area contributed by atoms with Crippen molar-refractivity contribution >= 4 is 23.2 Å². The largest absolute Gasteiger partial charge is 0.484 e. The van der Waals surface area contributed by atoms with Crippen LogP contribution >= 0.6 is 11.6 Å². The van der Waals surface area contributed by atoms with Crippen LogP contribution in [0.5, 0.6) is 5.75 Å². The summed E-state index contributed by atoms with van der Waals surface area (Å²) in [7, 11) is 0. The highest BCUT2D eigenvalue weighted by Gasteiger charge is 2.08. The molecule has 1 amide bonds. The molecule has 0 bridgehead atoms. The molecule has 0 unspecified atom stereocenters. The Morgan fingerprint density at radius 3 is 2.48 bits per heavy atom. The molecule has 0 aliphatic heterocycles. The number of rotatable bonds is 4. The number of amides is 1. The van der Waals surface area contributed by atoms with Crippen molar-refractivity contribution in [2.75, 3.05) is 11.9 Å². The Hall–Kier alpha value is -2.07. The van der Waals surface area contributed by atoms with E-state index in [1.807, 2.05) is 32.0 Å². The van der Waals surface area contributed by atoms with Crippen LogP contribution in [-0.4, -0.2) is 12.5 Å². The molecule has 2 aromatic rings. The number of nitrogens with one attached hydrogen (secondary N) is 1. The number of carbonyl (C=O) groups is 1. The van der Waals surface area contributed by atoms with E-state index in [0.717, 1.165) is 17.2 Å². The van der Waals surface area contributed by atoms with Crippen molar-refractivity contribution in [2.24, 2.45) is 0 Å². The van der Waals surface area contributed by atoms with Crippen LogP contribution in [0.1, 0.15) is 11.1 Å². The van der Waals surface area contributed by atoms with Crippen molar-refractivity contribution in [2.45, 2.75) is 13.8 Å². The van der Waals surface area contributed by atoms with Gasteiger partial charge >= 0.3 is 0 Å². The lowest BCUT2D eigenvalue weighted by molar-refractivity contribution is -0.118. The summed E-state index contributed by atoms with van der Waals surface area (Å²) in [4.78, 5) is 11.8. The van der Waals surface area contributed by atoms with E-state index in [4.69, 9.17) is 16.3 Å². The smallest absolute Gasteiger partial charge is 0.262 e. The van der Waals surface area contributed by atoms with Crippen molar-refractivity contribution in [3.8, 4) is 5.75 Å². The van der Waals surface area contributed by atoms with Gasteiger partial charge in [0.05, 0.1) is 5.69 Å². The van der Waals surface area contributed by atoms with Crippen molar-refractivity contribution in [3.63, 3.8) is 0 Å². The molecule has 0 heterocycles. The van der Waals surface area contributed by atoms with Gasteiger partial charge in [0.1, 0.15) is 11.6 Å². The number of anilines is 1. The summed E-state index contributed by atoms with van der Waals surface area (Å²) in [5.74, 6) is -0.406. The fourth-order valence-corrected chi connectivity index (χ4v) is 2.10. The molecule has 21 heavy (non-hydrogen) atoms. The van der Waals surface area contributed by atoms with Gasteiger partial charge in [0, 0.05) is 5.02 Å². The molecular formula is C16H15ClFNO2. The van der Waals surface area contributed by atoms with Crippen LogP contribution in [0.2, 0.25) is 5.02 Å². The van der Waals surface area contributed by atoms with Gasteiger partial charge in [-0.15, -0.1) is 0 Å². The van der Waals surface area contributed by atoms with Crippen LogP contribution < -0.4 is 10.1 Å². The Bertz CT molecular complexity index is 653. The van der Waals surface area contributed by atoms with E-state index in [1.165, 1.54) is 12.1 Å². The quantitative estimate of drug-likeness (QED) is 0.923. The predicted octanol–water partition coefficient (Wildman–Crippen LogP) is 4.11. The van der Waals surface area contributed by atoms with E-state index >= 15 is 0 Å². The highest BCUT2D eigenvalue weighted by atomic mass is 35.5. The molecule has 2 aromatic carbocycles. The number of benzene rings is 2. The Labute approximate surface area is 127 Å². The average molecular weight is 308 g/mol. The second kappa shape index (κ2) is 6.59. The minimum Gasteiger partial charge on any atom is -0.484 e. The van der Waals surface area contributed by atoms with Gasteiger partial charge in [-0.2, -0.15) is 0 Å². The van der Waals surface area contributed by atoms with Crippen molar-refractivity contribution in [1.82, 2.24) is 0 Å². The van der Waals surface area contributed by atoms with E-state index in [1.54, 1.807) is 0 Å². The monoisotopic (exact) mass is 307 g/mol. The molecular weight excluding hydrogens is 293 g/mol. The minimum atomic E-state index is -0.581. The molecule has 110 valence electrons. The zero-order chi connectivity index (χ0) is 15.4. The van der Waals surface area contributed by atoms with E-state index in [-0.39, 0.29) is 17.3 Å². The number of hydrogen-bond donors (Lipinski definition) is 1. The van der Waals surface area contributed by atoms with Crippen LogP contribution in [-0.2, 0) is 4.79 Å². The summed E-state index contributed by atoms with van der Waals surface area (Å²) >= 11 is 5.65. The molecule has 0 fully saturated rings. The first kappa shape index (κ1) is 15.3. The van der Waals surface area contributed by atoms with Gasteiger partial charge in [0.2, 0.25) is 0 Å². The minimum absolute atomic E-state index is 0.0772. The maximum atomic E-state index is 13.5. The van der Waals surface area contributed by atoms with Crippen molar-refractivity contribution in [3.05, 3.63) is 58.4 Å². The zero-order valence-corrected chi connectivity index (χ0v) is 12.5. The first-order chi connectivity index (χ1) is 9.94. The van der Waals surface area contributed by atoms with Gasteiger partial charge in [-0.25, -0.2) is 4.39 Å². The summed E-state index contributed by atoms with van der Waals surface area (Å²) in [5, 5.41) is 2.71. The molecule has 0 saturated carbocycles. The number of aryl methyl sites for hydroxylation is 2. The zero-order valence-electron chi connectivity index (χ0n) is 11.7. The summed E-state index contributed by atoms with van der Waals surface area (Å²) < 4.78 is 18.9. The molecule has 2 rings (SSSR count). The fraction of sp³-hybridized carbons (Fsp3) is 0.188. The number of carbonyl (C=O) groups excluding carboxylic acids is 1. The van der Waals surface area contributed by atoms with E-state index < -0.39 is 11.7 Å². The van der Waals surface area contributed by atoms with Crippen LogP contribution in [0.4, 0.5) is 10.1 Å². The van der Waals surface area contributed by atoms with Crippen molar-refractivity contribution < 1.29 is 13.9 Å². The van der Waals surface area contributed by atoms with Crippen LogP contribution in [0.25, 0.3) is 0 Å². The Morgan fingerprint density at radius 2 is 1.86 bits per heavy atom. The molecule has 0 aromatic heterocycles. The number of halogens is 2. The highest BCUT2D eigenvalue weighted by Crippen LogP contribution is 2.19. The summed E-state index contributed by atoms with van der Waals surface area (Å²) in [6.45, 7) is 3.71. The third kappa shape index (κ3) is 4.46. The second-order valence-electron chi connectivity index (χ2n) is 4.78. The van der Waals surface area contributed by atoms with E-state index in [0.29, 0.717) is 5.75 Å². The average Bonchev–Trinajstić information content (AvgIpc) is 2.39. The molecule has 3 nitrogen and oxygen atoms in total. The maximum Gasteiger partial charge on any atom is 0.262 e. The summed E-state index contributed by atoms with van der Waals surface area (Å²) in [6.07, 6.45) is 0. The molecule has 1 N–H and O–H groups in total. The third-order valence-corrected chi connectivity index (χ3v) is 3.01. The molecule has 0 spiro atoms. The van der Waals surface area contributed by atoms with Crippen molar-refractivity contribution in [1.29, 1.82) is 0 Å². The lowest BCUT2D eigenvalue weighted by atomic mass is 10.1. The van der Waals surface area contributed by atoms with E-state index in [2.05, 4.69) is 5.32 Å². The molecule has 5 heteroatoms. The first-order valence-corrected chi connectivity index (χ1v) is 6.78. The number of hydrogen-bond acceptors (Lipinski definition) is 2.